The van der Waals surface area contributed by atoms with Crippen LogP contribution in [-0.4, -0.2) is 6.04 Å². The molecule has 0 spiro atoms. The molecule has 1 aromatic rings. The van der Waals surface area contributed by atoms with Crippen LogP contribution < -0.4 is 5.32 Å². The van der Waals surface area contributed by atoms with Crippen molar-refractivity contribution in [1.82, 2.24) is 0 Å². The van der Waals surface area contributed by atoms with Crippen LogP contribution in [-0.2, 0) is 0 Å². The average Bonchev–Trinajstić information content (AvgIpc) is 2.64. The van der Waals surface area contributed by atoms with Gasteiger partial charge >= 0.3 is 0 Å². The summed E-state index contributed by atoms with van der Waals surface area (Å²) in [6, 6.07) is 10.5. The summed E-state index contributed by atoms with van der Waals surface area (Å²) in [5.41, 5.74) is 1.80. The van der Waals surface area contributed by atoms with E-state index in [0.717, 1.165) is 17.2 Å². The van der Waals surface area contributed by atoms with Crippen LogP contribution in [0, 0.1) is 17.2 Å². The van der Waals surface area contributed by atoms with E-state index >= 15 is 0 Å². The van der Waals surface area contributed by atoms with Gasteiger partial charge in [-0.1, -0.05) is 13.0 Å². The number of anilines is 1. The minimum Gasteiger partial charge on any atom is -0.382 e. The smallest absolute Gasteiger partial charge is 0.0992 e. The van der Waals surface area contributed by atoms with E-state index in [-0.39, 0.29) is 0 Å². The molecule has 0 bridgehead atoms. The molecule has 0 saturated heterocycles. The Morgan fingerprint density at radius 2 is 2.27 bits per heavy atom. The molecular formula is C13H16N2. The standard InChI is InChI=1S/C13H16N2/c1-10-5-6-13(7-10)15-12-4-2-3-11(8-12)9-14/h2-4,8,10,13,15H,5-7H2,1H3/t10-,13-/m1/s1. The molecule has 1 N–H and O–H groups in total. The van der Waals surface area contributed by atoms with Gasteiger partial charge < -0.3 is 5.32 Å². The first kappa shape index (κ1) is 10.0. The molecule has 0 aromatic heterocycles. The highest BCUT2D eigenvalue weighted by molar-refractivity contribution is 5.49. The summed E-state index contributed by atoms with van der Waals surface area (Å²) < 4.78 is 0. The lowest BCUT2D eigenvalue weighted by molar-refractivity contribution is 0.602. The first-order valence-corrected chi connectivity index (χ1v) is 5.54. The molecule has 15 heavy (non-hydrogen) atoms. The number of nitrogens with zero attached hydrogens (tertiary/aromatic N) is 1. The van der Waals surface area contributed by atoms with Gasteiger partial charge in [0.1, 0.15) is 0 Å². The maximum absolute atomic E-state index is 8.79. The van der Waals surface area contributed by atoms with E-state index in [2.05, 4.69) is 18.3 Å². The molecule has 1 aliphatic rings. The minimum atomic E-state index is 0.592. The molecule has 1 saturated carbocycles. The maximum atomic E-state index is 8.79. The highest BCUT2D eigenvalue weighted by Crippen LogP contribution is 2.27. The van der Waals surface area contributed by atoms with Crippen molar-refractivity contribution in [1.29, 1.82) is 5.26 Å². The second kappa shape index (κ2) is 4.35. The third kappa shape index (κ3) is 2.50. The Balaban J connectivity index is 2.02. The first-order valence-electron chi connectivity index (χ1n) is 5.54. The zero-order valence-electron chi connectivity index (χ0n) is 9.03. The van der Waals surface area contributed by atoms with E-state index < -0.39 is 0 Å². The molecule has 0 unspecified atom stereocenters. The van der Waals surface area contributed by atoms with E-state index in [0.29, 0.717) is 6.04 Å². The van der Waals surface area contributed by atoms with Crippen LogP contribution >= 0.6 is 0 Å². The van der Waals surface area contributed by atoms with Gasteiger partial charge in [0.25, 0.3) is 0 Å². The van der Waals surface area contributed by atoms with Crippen LogP contribution in [0.4, 0.5) is 5.69 Å². The minimum absolute atomic E-state index is 0.592. The van der Waals surface area contributed by atoms with Crippen molar-refractivity contribution in [2.75, 3.05) is 5.32 Å². The van der Waals surface area contributed by atoms with Gasteiger partial charge in [0, 0.05) is 11.7 Å². The van der Waals surface area contributed by atoms with Gasteiger partial charge in [0.2, 0.25) is 0 Å². The van der Waals surface area contributed by atoms with Crippen LogP contribution in [0.3, 0.4) is 0 Å². The Labute approximate surface area is 90.9 Å². The van der Waals surface area contributed by atoms with Crippen molar-refractivity contribution >= 4 is 5.69 Å². The summed E-state index contributed by atoms with van der Waals surface area (Å²) in [5, 5.41) is 12.3. The summed E-state index contributed by atoms with van der Waals surface area (Å²) in [7, 11) is 0. The number of hydrogen-bond acceptors (Lipinski definition) is 2. The van der Waals surface area contributed by atoms with Crippen molar-refractivity contribution < 1.29 is 0 Å². The average molecular weight is 200 g/mol. The highest BCUT2D eigenvalue weighted by Gasteiger charge is 2.20. The van der Waals surface area contributed by atoms with Crippen LogP contribution in [0.5, 0.6) is 0 Å². The number of hydrogen-bond donors (Lipinski definition) is 1. The first-order chi connectivity index (χ1) is 7.28. The van der Waals surface area contributed by atoms with Gasteiger partial charge in [-0.25, -0.2) is 0 Å². The second-order valence-electron chi connectivity index (χ2n) is 4.45. The third-order valence-corrected chi connectivity index (χ3v) is 3.06. The number of nitrogens with one attached hydrogen (secondary N) is 1. The second-order valence-corrected chi connectivity index (χ2v) is 4.45. The number of rotatable bonds is 2. The van der Waals surface area contributed by atoms with Crippen LogP contribution in [0.15, 0.2) is 24.3 Å². The van der Waals surface area contributed by atoms with E-state index in [4.69, 9.17) is 5.26 Å². The summed E-state index contributed by atoms with van der Waals surface area (Å²) in [5.74, 6) is 0.835. The molecule has 2 atom stereocenters. The van der Waals surface area contributed by atoms with Crippen molar-refractivity contribution in [2.45, 2.75) is 32.2 Å². The zero-order chi connectivity index (χ0) is 10.7. The molecule has 0 aliphatic heterocycles. The van der Waals surface area contributed by atoms with Crippen molar-refractivity contribution in [3.8, 4) is 6.07 Å². The van der Waals surface area contributed by atoms with Crippen LogP contribution in [0.1, 0.15) is 31.7 Å². The van der Waals surface area contributed by atoms with E-state index in [9.17, 15) is 0 Å². The highest BCUT2D eigenvalue weighted by atomic mass is 14.9. The predicted molar refractivity (Wildman–Crippen MR) is 61.6 cm³/mol. The Kier molecular flexibility index (Phi) is 2.91. The molecule has 1 fully saturated rings. The maximum Gasteiger partial charge on any atom is 0.0992 e. The monoisotopic (exact) mass is 200 g/mol. The summed E-state index contributed by atoms with van der Waals surface area (Å²) in [6.07, 6.45) is 3.81. The number of benzene rings is 1. The topological polar surface area (TPSA) is 35.8 Å². The SMILES string of the molecule is C[C@@H]1CC[C@@H](Nc2cccc(C#N)c2)C1. The van der Waals surface area contributed by atoms with Crippen LogP contribution in [0.2, 0.25) is 0 Å². The van der Waals surface area contributed by atoms with Crippen molar-refractivity contribution in [3.63, 3.8) is 0 Å². The molecule has 0 amide bonds. The number of nitriles is 1. The van der Waals surface area contributed by atoms with Gasteiger partial charge in [0.05, 0.1) is 11.6 Å². The normalized spacial score (nSPS) is 24.8. The van der Waals surface area contributed by atoms with Crippen LogP contribution in [0.25, 0.3) is 0 Å². The predicted octanol–water partition coefficient (Wildman–Crippen LogP) is 3.16. The van der Waals surface area contributed by atoms with Gasteiger partial charge in [-0.05, 0) is 43.4 Å². The summed E-state index contributed by atoms with van der Waals surface area (Å²) in [4.78, 5) is 0. The lowest BCUT2D eigenvalue weighted by atomic mass is 10.1. The molecule has 1 aromatic carbocycles. The van der Waals surface area contributed by atoms with Gasteiger partial charge in [0.15, 0.2) is 0 Å². The van der Waals surface area contributed by atoms with E-state index in [1.165, 1.54) is 19.3 Å². The molecule has 78 valence electrons. The molecule has 1 aliphatic carbocycles. The Hall–Kier alpha value is -1.49. The Morgan fingerprint density at radius 1 is 1.40 bits per heavy atom. The van der Waals surface area contributed by atoms with Gasteiger partial charge in [-0.15, -0.1) is 0 Å². The summed E-state index contributed by atoms with van der Waals surface area (Å²) in [6.45, 7) is 2.30. The van der Waals surface area contributed by atoms with Gasteiger partial charge in [-0.2, -0.15) is 5.26 Å². The fraction of sp³-hybridized carbons (Fsp3) is 0.462. The van der Waals surface area contributed by atoms with E-state index in [1.54, 1.807) is 0 Å². The fourth-order valence-electron chi connectivity index (χ4n) is 2.25. The molecule has 2 nitrogen and oxygen atoms in total. The van der Waals surface area contributed by atoms with E-state index in [1.807, 2.05) is 24.3 Å². The quantitative estimate of drug-likeness (QED) is 0.796. The molecule has 2 rings (SSSR count). The molecule has 2 heteroatoms. The largest absolute Gasteiger partial charge is 0.382 e. The Morgan fingerprint density at radius 3 is 2.93 bits per heavy atom. The fourth-order valence-corrected chi connectivity index (χ4v) is 2.25. The molecular weight excluding hydrogens is 184 g/mol. The van der Waals surface area contributed by atoms with Crippen molar-refractivity contribution in [3.05, 3.63) is 29.8 Å². The van der Waals surface area contributed by atoms with Gasteiger partial charge in [-0.3, -0.25) is 0 Å². The third-order valence-electron chi connectivity index (χ3n) is 3.06. The Bertz CT molecular complexity index is 378. The molecule has 0 heterocycles. The molecule has 0 radical (unpaired) electrons. The lowest BCUT2D eigenvalue weighted by Gasteiger charge is -2.13. The summed E-state index contributed by atoms with van der Waals surface area (Å²) >= 11 is 0. The van der Waals surface area contributed by atoms with Crippen molar-refractivity contribution in [2.24, 2.45) is 5.92 Å². The zero-order valence-corrected chi connectivity index (χ0v) is 9.03. The lowest BCUT2D eigenvalue weighted by Crippen LogP contribution is -2.15.